The topological polar surface area (TPSA) is 55.9 Å². The van der Waals surface area contributed by atoms with Crippen LogP contribution in [0.5, 0.6) is 0 Å². The van der Waals surface area contributed by atoms with Crippen LogP contribution < -0.4 is 5.32 Å². The van der Waals surface area contributed by atoms with E-state index in [1.807, 2.05) is 4.90 Å². The summed E-state index contributed by atoms with van der Waals surface area (Å²) in [6, 6.07) is 0.0300. The van der Waals surface area contributed by atoms with E-state index in [9.17, 15) is 9.59 Å². The summed E-state index contributed by atoms with van der Waals surface area (Å²) < 4.78 is 0. The summed E-state index contributed by atoms with van der Waals surface area (Å²) in [5, 5.41) is 3.10. The molecular formula is C11H20N4O2. The average molecular weight is 240 g/mol. The second-order valence-corrected chi connectivity index (χ2v) is 4.84. The molecule has 96 valence electrons. The number of piperazine rings is 1. The minimum absolute atomic E-state index is 0.0300. The molecule has 0 atom stereocenters. The number of rotatable bonds is 1. The molecule has 2 heterocycles. The molecule has 2 fully saturated rings. The van der Waals surface area contributed by atoms with Crippen LogP contribution in [0.3, 0.4) is 0 Å². The van der Waals surface area contributed by atoms with Gasteiger partial charge in [0.1, 0.15) is 0 Å². The van der Waals surface area contributed by atoms with Gasteiger partial charge in [-0.05, 0) is 0 Å². The fourth-order valence-electron chi connectivity index (χ4n) is 2.12. The molecule has 0 aliphatic carbocycles. The van der Waals surface area contributed by atoms with E-state index in [1.165, 1.54) is 0 Å². The number of hydrogen-bond acceptors (Lipinski definition) is 3. The van der Waals surface area contributed by atoms with Gasteiger partial charge in [0.15, 0.2) is 0 Å². The van der Waals surface area contributed by atoms with Crippen LogP contribution in [-0.4, -0.2) is 80.0 Å². The van der Waals surface area contributed by atoms with Crippen molar-refractivity contribution in [1.82, 2.24) is 20.0 Å². The second-order valence-electron chi connectivity index (χ2n) is 4.84. The van der Waals surface area contributed by atoms with E-state index in [4.69, 9.17) is 0 Å². The summed E-state index contributed by atoms with van der Waals surface area (Å²) in [4.78, 5) is 28.9. The number of amides is 3. The molecule has 0 unspecified atom stereocenters. The summed E-state index contributed by atoms with van der Waals surface area (Å²) >= 11 is 0. The average Bonchev–Trinajstić information content (AvgIpc) is 2.25. The highest BCUT2D eigenvalue weighted by Gasteiger charge is 2.32. The normalized spacial score (nSPS) is 21.1. The standard InChI is InChI=1S/C11H20N4O2/c1-13(2)11(17)15-5-3-14(4-6-15)10(16)9-7-12-8-9/h9,12H,3-8H2,1-2H3. The predicted octanol–water partition coefficient (Wildman–Crippen LogP) is -0.968. The zero-order chi connectivity index (χ0) is 12.4. The lowest BCUT2D eigenvalue weighted by Crippen LogP contribution is -2.58. The van der Waals surface area contributed by atoms with E-state index in [-0.39, 0.29) is 17.9 Å². The van der Waals surface area contributed by atoms with E-state index in [0.29, 0.717) is 26.2 Å². The van der Waals surface area contributed by atoms with Crippen LogP contribution in [0.2, 0.25) is 0 Å². The van der Waals surface area contributed by atoms with Crippen molar-refractivity contribution in [3.63, 3.8) is 0 Å². The Labute approximate surface area is 102 Å². The van der Waals surface area contributed by atoms with E-state index < -0.39 is 0 Å². The van der Waals surface area contributed by atoms with Crippen molar-refractivity contribution in [1.29, 1.82) is 0 Å². The quantitative estimate of drug-likeness (QED) is 0.642. The summed E-state index contributed by atoms with van der Waals surface area (Å²) in [7, 11) is 3.50. The first-order valence-electron chi connectivity index (χ1n) is 6.05. The van der Waals surface area contributed by atoms with E-state index in [0.717, 1.165) is 13.1 Å². The molecule has 0 aromatic carbocycles. The van der Waals surface area contributed by atoms with Gasteiger partial charge in [0, 0.05) is 53.4 Å². The van der Waals surface area contributed by atoms with Crippen LogP contribution in [0.15, 0.2) is 0 Å². The van der Waals surface area contributed by atoms with Crippen molar-refractivity contribution in [2.75, 3.05) is 53.4 Å². The first-order chi connectivity index (χ1) is 8.09. The van der Waals surface area contributed by atoms with Crippen molar-refractivity contribution < 1.29 is 9.59 Å². The first kappa shape index (κ1) is 12.2. The summed E-state index contributed by atoms with van der Waals surface area (Å²) in [5.74, 6) is 0.395. The molecule has 0 spiro atoms. The van der Waals surface area contributed by atoms with Crippen LogP contribution in [0.25, 0.3) is 0 Å². The van der Waals surface area contributed by atoms with Crippen molar-refractivity contribution in [2.45, 2.75) is 0 Å². The van der Waals surface area contributed by atoms with Gasteiger partial charge in [-0.1, -0.05) is 0 Å². The summed E-state index contributed by atoms with van der Waals surface area (Å²) in [6.07, 6.45) is 0. The largest absolute Gasteiger partial charge is 0.339 e. The Bertz CT molecular complexity index is 307. The Morgan fingerprint density at radius 2 is 1.59 bits per heavy atom. The Balaban J connectivity index is 1.81. The lowest BCUT2D eigenvalue weighted by atomic mass is 10.0. The lowest BCUT2D eigenvalue weighted by Gasteiger charge is -2.39. The Kier molecular flexibility index (Phi) is 3.51. The van der Waals surface area contributed by atoms with Gasteiger partial charge in [-0.15, -0.1) is 0 Å². The van der Waals surface area contributed by atoms with Crippen LogP contribution in [-0.2, 0) is 4.79 Å². The molecule has 6 heteroatoms. The minimum Gasteiger partial charge on any atom is -0.339 e. The third-order valence-electron chi connectivity index (χ3n) is 3.38. The van der Waals surface area contributed by atoms with Gasteiger partial charge in [0.05, 0.1) is 5.92 Å². The number of hydrogen-bond donors (Lipinski definition) is 1. The second kappa shape index (κ2) is 4.91. The van der Waals surface area contributed by atoms with Gasteiger partial charge < -0.3 is 20.0 Å². The Morgan fingerprint density at radius 1 is 1.06 bits per heavy atom. The maximum atomic E-state index is 12.0. The van der Waals surface area contributed by atoms with Crippen LogP contribution in [0.4, 0.5) is 4.79 Å². The fourth-order valence-corrected chi connectivity index (χ4v) is 2.12. The van der Waals surface area contributed by atoms with Crippen molar-refractivity contribution in [2.24, 2.45) is 5.92 Å². The molecule has 0 saturated carbocycles. The van der Waals surface area contributed by atoms with E-state index in [2.05, 4.69) is 5.32 Å². The zero-order valence-electron chi connectivity index (χ0n) is 10.5. The third-order valence-corrected chi connectivity index (χ3v) is 3.38. The van der Waals surface area contributed by atoms with Gasteiger partial charge in [0.2, 0.25) is 5.91 Å². The number of nitrogens with one attached hydrogen (secondary N) is 1. The third kappa shape index (κ3) is 2.52. The maximum absolute atomic E-state index is 12.0. The molecule has 0 aromatic rings. The predicted molar refractivity (Wildman–Crippen MR) is 63.6 cm³/mol. The van der Waals surface area contributed by atoms with Gasteiger partial charge in [-0.25, -0.2) is 4.79 Å². The van der Waals surface area contributed by atoms with Crippen LogP contribution >= 0.6 is 0 Å². The highest BCUT2D eigenvalue weighted by atomic mass is 16.2. The van der Waals surface area contributed by atoms with Gasteiger partial charge >= 0.3 is 6.03 Å². The SMILES string of the molecule is CN(C)C(=O)N1CCN(C(=O)C2CNC2)CC1. The fraction of sp³-hybridized carbons (Fsp3) is 0.818. The highest BCUT2D eigenvalue weighted by molar-refractivity contribution is 5.81. The molecule has 3 amide bonds. The Hall–Kier alpha value is -1.30. The summed E-state index contributed by atoms with van der Waals surface area (Å²) in [5.41, 5.74) is 0. The molecule has 2 rings (SSSR count). The Morgan fingerprint density at radius 3 is 2.00 bits per heavy atom. The van der Waals surface area contributed by atoms with Gasteiger partial charge in [-0.3, -0.25) is 4.79 Å². The molecule has 0 radical (unpaired) electrons. The highest BCUT2D eigenvalue weighted by Crippen LogP contribution is 2.11. The molecule has 0 aromatic heterocycles. The monoisotopic (exact) mass is 240 g/mol. The van der Waals surface area contributed by atoms with Crippen molar-refractivity contribution >= 4 is 11.9 Å². The molecule has 0 bridgehead atoms. The number of urea groups is 1. The van der Waals surface area contributed by atoms with Crippen LogP contribution in [0, 0.1) is 5.92 Å². The summed E-state index contributed by atoms with van der Waals surface area (Å²) in [6.45, 7) is 4.21. The molecule has 2 aliphatic heterocycles. The molecule has 2 aliphatic rings. The molecule has 17 heavy (non-hydrogen) atoms. The maximum Gasteiger partial charge on any atom is 0.319 e. The molecule has 6 nitrogen and oxygen atoms in total. The lowest BCUT2D eigenvalue weighted by molar-refractivity contribution is -0.138. The number of carbonyl (C=O) groups is 2. The molecule has 2 saturated heterocycles. The number of carbonyl (C=O) groups excluding carboxylic acids is 2. The molecule has 1 N–H and O–H groups in total. The minimum atomic E-state index is 0.0300. The van der Waals surface area contributed by atoms with Crippen LogP contribution in [0.1, 0.15) is 0 Å². The van der Waals surface area contributed by atoms with E-state index >= 15 is 0 Å². The van der Waals surface area contributed by atoms with Gasteiger partial charge in [-0.2, -0.15) is 0 Å². The molecular weight excluding hydrogens is 220 g/mol. The smallest absolute Gasteiger partial charge is 0.319 e. The van der Waals surface area contributed by atoms with Gasteiger partial charge in [0.25, 0.3) is 0 Å². The van der Waals surface area contributed by atoms with E-state index in [1.54, 1.807) is 23.9 Å². The first-order valence-corrected chi connectivity index (χ1v) is 6.05. The number of nitrogens with zero attached hydrogens (tertiary/aromatic N) is 3. The zero-order valence-corrected chi connectivity index (χ0v) is 10.5. The van der Waals surface area contributed by atoms with Crippen molar-refractivity contribution in [3.05, 3.63) is 0 Å². The van der Waals surface area contributed by atoms with Crippen molar-refractivity contribution in [3.8, 4) is 0 Å².